The van der Waals surface area contributed by atoms with Crippen molar-refractivity contribution in [2.75, 3.05) is 153 Å². The van der Waals surface area contributed by atoms with E-state index in [4.69, 9.17) is 18.9 Å². The van der Waals surface area contributed by atoms with Crippen LogP contribution in [0.4, 0.5) is 51.4 Å². The molecule has 0 saturated carbocycles. The minimum Gasteiger partial charge on any atom is -0.748 e. The lowest BCUT2D eigenvalue weighted by atomic mass is 10.1. The van der Waals surface area contributed by atoms with Gasteiger partial charge in [-0.25, -0.2) is 61.9 Å². The number of aromatic nitrogens is 8. The van der Waals surface area contributed by atoms with E-state index in [0.717, 1.165) is 95.5 Å². The lowest BCUT2D eigenvalue weighted by Crippen LogP contribution is -2.50. The molecule has 0 fully saturated rings. The number of H-pyrrole nitrogens is 4. The number of Topliss-reactive ketones (excluding diaryl/α,β-unsaturated/α-hetero) is 1. The molecule has 5 rings (SSSR count). The molecule has 0 saturated heterocycles. The Morgan fingerprint density at radius 2 is 0.857 bits per heavy atom. The second kappa shape index (κ2) is 67.5. The molecule has 17 N–H and O–H groups in total. The van der Waals surface area contributed by atoms with E-state index in [2.05, 4.69) is 114 Å². The third kappa shape index (κ3) is 60.8. The van der Waals surface area contributed by atoms with E-state index in [-0.39, 0.29) is 137 Å². The lowest BCUT2D eigenvalue weighted by Gasteiger charge is -2.34. The molecule has 0 spiro atoms. The molecule has 4 aromatic heterocycles. The van der Waals surface area contributed by atoms with Crippen molar-refractivity contribution < 1.29 is 93.9 Å². The minimum atomic E-state index is -4.51. The molecule has 14 amide bonds. The van der Waals surface area contributed by atoms with Crippen LogP contribution in [0.3, 0.4) is 0 Å². The summed E-state index contributed by atoms with van der Waals surface area (Å²) in [5.41, 5.74) is 0.901. The largest absolute Gasteiger partial charge is 0.748 e. The first kappa shape index (κ1) is 114. The Kier molecular flexibility index (Phi) is 58.0. The SMILES string of the molecule is CC1=CC(=O)NC(=NC(=O)NCCCCCCNC(=O)CCC[N+](C)(CCOC(=O)NCCCCCCNC(=O)Nc2nc(C)cc(=O)[nH]2)CCOC(=O)NCCCCCCNC(=O)Nc2nc(C)cc(=O)[nH]2)C1.Cc1cc(=O)[nH]c(NC(=O)NCCCCCCCC(=O)OCCN(CCOC(=O)NCCCCCCCC(=O)Cc2nccc(=O)[nH]2)CC(=O)NCCS(=O)(=O)[O-])n1.[CH3+]. The highest BCUT2D eigenvalue weighted by Crippen LogP contribution is 2.13. The Bertz CT molecular complexity index is 4610. The normalized spacial score (nSPS) is 11.9. The van der Waals surface area contributed by atoms with E-state index in [1.165, 1.54) is 36.5 Å². The number of aliphatic imine (C=N–C) groups is 1. The van der Waals surface area contributed by atoms with E-state index in [9.17, 15) is 89.7 Å². The molecule has 0 aromatic carbocycles. The number of ketones is 1. The average molecular weight is 1900 g/mol. The predicted octanol–water partition coefficient (Wildman–Crippen LogP) is 4.92. The summed E-state index contributed by atoms with van der Waals surface area (Å²) in [6.07, 6.45) is 20.0. The fourth-order valence-electron chi connectivity index (χ4n) is 12.8. The Morgan fingerprint density at radius 3 is 1.29 bits per heavy atom. The number of alkyl carbamates (subject to hydrolysis) is 3. The smallest absolute Gasteiger partial charge is 0.407 e. The van der Waals surface area contributed by atoms with Crippen molar-refractivity contribution in [3.05, 3.63) is 114 Å². The van der Waals surface area contributed by atoms with E-state index < -0.39 is 70.2 Å². The molecule has 0 unspecified atom stereocenters. The van der Waals surface area contributed by atoms with Crippen molar-refractivity contribution in [3.8, 4) is 0 Å². The summed E-state index contributed by atoms with van der Waals surface area (Å²) in [6.45, 7) is 11.2. The number of ether oxygens (including phenoxy) is 4. The topological polar surface area (TPSA) is 654 Å². The van der Waals surface area contributed by atoms with Gasteiger partial charge >= 0.3 is 48.4 Å². The first-order valence-electron chi connectivity index (χ1n) is 44.8. The van der Waals surface area contributed by atoms with Crippen LogP contribution < -0.4 is 91.4 Å². The molecule has 0 atom stereocenters. The number of urea groups is 4. The van der Waals surface area contributed by atoms with Gasteiger partial charge in [0.2, 0.25) is 35.6 Å². The lowest BCUT2D eigenvalue weighted by molar-refractivity contribution is -0.910. The summed E-state index contributed by atoms with van der Waals surface area (Å²) < 4.78 is 54.5. The standard InChI is InChI=1S/C48H77N15O11.C36H57N9O12S.CH3/c1-34-30-37(57-39(65)31-34)58-44(68)50-20-12-6-5-11-19-49-38(64)18-17-25-63(4,26-28-73-47(71)53-23-15-9-7-13-21-51-45(69)61-42-55-35(2)32-40(66)59-42)27-29-74-48(72)54-24-16-10-8-14-22-52-46(70)62-43-56-36(3)33-41(67)60-43;1-27-24-31(48)43-34(41-27)44-35(51)39-15-10-6-3-5-9-13-33(50)56-21-19-45(26-32(49)38-18-23-58(53,54)55)20-22-57-36(52)40-16-11-7-2-4-8-12-28(46)25-29-37-17-14-30(47)42-29;/h31-33H,5-30H2,1-4H3,(H10-,49,50,51,52,53,54,55,56,57,58,59,60,61,62,64,65,66,67,68,69,70,71,72);14,17,24H,2-13,15-16,18-23,25-26H2,1H3,(H,38,49)(H,40,52)(H,37,42,47)(H,53,54,55)(H3,39,41,43,44,48,51);1H3/q;;+1. The number of carbonyl (C=O) groups excluding carboxylic acids is 12. The Labute approximate surface area is 773 Å². The number of amidine groups is 1. The number of nitrogens with zero attached hydrogens (tertiary/aromatic N) is 7. The molecule has 0 bridgehead atoms. The molecule has 1 aliphatic heterocycles. The maximum Gasteiger partial charge on any atom is 0.407 e. The summed E-state index contributed by atoms with van der Waals surface area (Å²) in [5.74, 6) is -1.24. The Morgan fingerprint density at radius 1 is 0.459 bits per heavy atom. The van der Waals surface area contributed by atoms with Gasteiger partial charge in [-0.05, 0) is 91.9 Å². The number of unbranched alkanes of at least 4 members (excludes halogenated alkanes) is 17. The first-order chi connectivity index (χ1) is 63.1. The number of rotatable bonds is 63. The Hall–Kier alpha value is -12.7. The number of quaternary nitrogens is 1. The van der Waals surface area contributed by atoms with Crippen LogP contribution in [-0.2, 0) is 59.5 Å². The van der Waals surface area contributed by atoms with Crippen molar-refractivity contribution >= 4 is 106 Å². The molecule has 5 heterocycles. The predicted molar refractivity (Wildman–Crippen MR) is 494 cm³/mol. The van der Waals surface area contributed by atoms with Gasteiger partial charge in [0.05, 0.1) is 42.4 Å². The molecule has 1 aliphatic rings. The van der Waals surface area contributed by atoms with Crippen LogP contribution in [0.2, 0.25) is 0 Å². The zero-order valence-electron chi connectivity index (χ0n) is 77.3. The van der Waals surface area contributed by atoms with Crippen LogP contribution in [0, 0.1) is 28.2 Å². The van der Waals surface area contributed by atoms with E-state index >= 15 is 0 Å². The van der Waals surface area contributed by atoms with E-state index in [1.807, 2.05) is 7.05 Å². The number of aromatic amines is 4. The Balaban J connectivity index is 0.000000700. The molecule has 0 radical (unpaired) electrons. The number of aryl methyl sites for hydroxylation is 3. The van der Waals surface area contributed by atoms with Crippen LogP contribution in [0.1, 0.15) is 203 Å². The quantitative estimate of drug-likeness (QED) is 0.00696. The highest BCUT2D eigenvalue weighted by Gasteiger charge is 2.25. The number of nitrogens with one attached hydrogen (secondary N) is 17. The molecule has 48 heteroatoms. The van der Waals surface area contributed by atoms with Gasteiger partial charge in [0, 0.05) is 165 Å². The first-order valence-corrected chi connectivity index (χ1v) is 46.4. The second-order valence-corrected chi connectivity index (χ2v) is 33.2. The maximum atomic E-state index is 12.7. The number of esters is 1. The van der Waals surface area contributed by atoms with E-state index in [1.54, 1.807) is 32.6 Å². The van der Waals surface area contributed by atoms with Gasteiger partial charge in [0.1, 0.15) is 57.0 Å². The van der Waals surface area contributed by atoms with Gasteiger partial charge in [0.15, 0.2) is 0 Å². The second-order valence-electron chi connectivity index (χ2n) is 31.7. The zero-order chi connectivity index (χ0) is 96.6. The molecule has 740 valence electrons. The fraction of sp³-hybridized carbons (Fsp3) is 0.624. The number of amides is 14. The van der Waals surface area contributed by atoms with Crippen molar-refractivity contribution in [1.82, 2.24) is 97.9 Å². The van der Waals surface area contributed by atoms with Crippen LogP contribution in [-0.4, -0.2) is 277 Å². The molecule has 133 heavy (non-hydrogen) atoms. The molecule has 47 nitrogen and oxygen atoms in total. The monoisotopic (exact) mass is 1890 g/mol. The summed E-state index contributed by atoms with van der Waals surface area (Å²) in [7, 11) is -2.55. The van der Waals surface area contributed by atoms with Gasteiger partial charge in [0.25, 0.3) is 22.2 Å². The van der Waals surface area contributed by atoms with Crippen molar-refractivity contribution in [3.63, 3.8) is 0 Å². The molecule has 0 aliphatic carbocycles. The highest BCUT2D eigenvalue weighted by molar-refractivity contribution is 7.85. The molecular weight excluding hydrogens is 1760 g/mol. The minimum absolute atomic E-state index is 0. The third-order valence-corrected chi connectivity index (χ3v) is 20.4. The highest BCUT2D eigenvalue weighted by atomic mass is 32.2. The van der Waals surface area contributed by atoms with Crippen LogP contribution in [0.25, 0.3) is 0 Å². The number of anilines is 3. The van der Waals surface area contributed by atoms with Crippen LogP contribution >= 0.6 is 0 Å². The molecular formula is C85H137N24O23S+. The molecule has 4 aromatic rings. The van der Waals surface area contributed by atoms with E-state index in [0.29, 0.717) is 176 Å². The summed E-state index contributed by atoms with van der Waals surface area (Å²) in [4.78, 5) is 224. The van der Waals surface area contributed by atoms with Crippen LogP contribution in [0.15, 0.2) is 66.3 Å². The van der Waals surface area contributed by atoms with Crippen molar-refractivity contribution in [2.45, 2.75) is 207 Å². The van der Waals surface area contributed by atoms with Gasteiger partial charge in [-0.15, -0.1) is 0 Å². The third-order valence-electron chi connectivity index (χ3n) is 19.7. The maximum absolute atomic E-state index is 12.7. The van der Waals surface area contributed by atoms with Gasteiger partial charge < -0.3 is 86.1 Å². The number of hydrogen-bond donors (Lipinski definition) is 17. The zero-order valence-corrected chi connectivity index (χ0v) is 78.2. The summed E-state index contributed by atoms with van der Waals surface area (Å²) in [5, 5.41) is 34.4. The summed E-state index contributed by atoms with van der Waals surface area (Å²) >= 11 is 0. The number of hydrogen-bond acceptors (Lipinski definition) is 28. The number of carbonyl (C=O) groups is 12. The van der Waals surface area contributed by atoms with Crippen LogP contribution in [0.5, 0.6) is 0 Å². The number of likely N-dealkylation sites (N-methyl/N-ethyl adjacent to an activating group) is 1. The summed E-state index contributed by atoms with van der Waals surface area (Å²) in [6, 6.07) is 3.32. The van der Waals surface area contributed by atoms with Crippen molar-refractivity contribution in [1.29, 1.82) is 0 Å². The van der Waals surface area contributed by atoms with Crippen molar-refractivity contribution in [2.24, 2.45) is 4.99 Å². The average Bonchev–Trinajstić information content (AvgIpc) is 0.663. The van der Waals surface area contributed by atoms with Gasteiger partial charge in [-0.2, -0.15) is 4.99 Å². The fourth-order valence-corrected chi connectivity index (χ4v) is 13.2. The van der Waals surface area contributed by atoms with Gasteiger partial charge in [-0.1, -0.05) is 82.6 Å². The van der Waals surface area contributed by atoms with Gasteiger partial charge in [-0.3, -0.25) is 79.0 Å².